The Labute approximate surface area is 112 Å². The number of benzene rings is 1. The van der Waals surface area contributed by atoms with Crippen molar-refractivity contribution in [1.82, 2.24) is 30.0 Å². The smallest absolute Gasteiger partial charge is 0.209 e. The summed E-state index contributed by atoms with van der Waals surface area (Å²) in [5.74, 6) is 0.0398. The number of hydrogen-bond acceptors (Lipinski definition) is 4. The molecule has 0 unspecified atom stereocenters. The lowest BCUT2D eigenvalue weighted by Crippen LogP contribution is -1.99. The quantitative estimate of drug-likeness (QED) is 0.726. The first kappa shape index (κ1) is 11.7. The van der Waals surface area contributed by atoms with Gasteiger partial charge in [0.1, 0.15) is 10.5 Å². The molecule has 0 fully saturated rings. The van der Waals surface area contributed by atoms with Gasteiger partial charge in [0.25, 0.3) is 0 Å². The van der Waals surface area contributed by atoms with Crippen molar-refractivity contribution in [2.24, 2.45) is 7.05 Å². The second-order valence-corrected chi connectivity index (χ2v) is 4.27. The van der Waals surface area contributed by atoms with Crippen molar-refractivity contribution in [3.8, 4) is 17.1 Å². The average molecular weight is 276 g/mol. The van der Waals surface area contributed by atoms with Crippen LogP contribution in [0.5, 0.6) is 0 Å². The maximum absolute atomic E-state index is 13.7. The Bertz CT molecular complexity index is 786. The Morgan fingerprint density at radius 1 is 1.32 bits per heavy atom. The van der Waals surface area contributed by atoms with Crippen LogP contribution < -0.4 is 0 Å². The maximum atomic E-state index is 13.7. The van der Waals surface area contributed by atoms with Gasteiger partial charge in [0, 0.05) is 6.20 Å². The Kier molecular flexibility index (Phi) is 2.71. The standard InChI is InChI=1S/C11H9FN6S/c1-17-15-10(14-16-17)7-6-13-18(11(7)19)9-5-3-2-4-8(9)12/h2-6,13H,1H3. The second-order valence-electron chi connectivity index (χ2n) is 3.88. The van der Waals surface area contributed by atoms with Gasteiger partial charge in [0.05, 0.1) is 18.3 Å². The molecule has 0 aliphatic heterocycles. The molecule has 19 heavy (non-hydrogen) atoms. The van der Waals surface area contributed by atoms with Crippen LogP contribution in [0.3, 0.4) is 0 Å². The zero-order chi connectivity index (χ0) is 13.4. The van der Waals surface area contributed by atoms with Crippen molar-refractivity contribution in [2.45, 2.75) is 0 Å². The molecule has 0 bridgehead atoms. The van der Waals surface area contributed by atoms with Crippen LogP contribution in [0.4, 0.5) is 4.39 Å². The molecule has 0 saturated heterocycles. The molecular weight excluding hydrogens is 267 g/mol. The van der Waals surface area contributed by atoms with Gasteiger partial charge in [-0.25, -0.2) is 9.07 Å². The molecule has 0 aliphatic rings. The van der Waals surface area contributed by atoms with Crippen LogP contribution in [-0.2, 0) is 7.05 Å². The highest BCUT2D eigenvalue weighted by atomic mass is 32.1. The van der Waals surface area contributed by atoms with Crippen LogP contribution >= 0.6 is 12.2 Å². The average Bonchev–Trinajstić information content (AvgIpc) is 2.97. The molecule has 0 radical (unpaired) electrons. The van der Waals surface area contributed by atoms with Gasteiger partial charge < -0.3 is 0 Å². The summed E-state index contributed by atoms with van der Waals surface area (Å²) in [6.45, 7) is 0. The zero-order valence-corrected chi connectivity index (χ0v) is 10.7. The normalized spacial score (nSPS) is 10.8. The first-order valence-corrected chi connectivity index (χ1v) is 5.87. The number of aromatic nitrogens is 6. The van der Waals surface area contributed by atoms with Crippen LogP contribution in [-0.4, -0.2) is 30.0 Å². The number of aromatic amines is 1. The number of tetrazole rings is 1. The molecule has 1 N–H and O–H groups in total. The van der Waals surface area contributed by atoms with Crippen molar-refractivity contribution in [2.75, 3.05) is 0 Å². The van der Waals surface area contributed by atoms with Crippen molar-refractivity contribution in [3.05, 3.63) is 40.9 Å². The first-order valence-electron chi connectivity index (χ1n) is 5.46. The van der Waals surface area contributed by atoms with E-state index in [4.69, 9.17) is 12.2 Å². The molecule has 0 saturated carbocycles. The fourth-order valence-electron chi connectivity index (χ4n) is 1.73. The van der Waals surface area contributed by atoms with Gasteiger partial charge in [-0.15, -0.1) is 10.2 Å². The number of rotatable bonds is 2. The molecule has 0 atom stereocenters. The molecule has 8 heteroatoms. The van der Waals surface area contributed by atoms with E-state index in [9.17, 15) is 4.39 Å². The van der Waals surface area contributed by atoms with Gasteiger partial charge in [-0.1, -0.05) is 24.4 Å². The summed E-state index contributed by atoms with van der Waals surface area (Å²) < 4.78 is 15.6. The number of H-pyrrole nitrogens is 1. The molecule has 3 rings (SSSR count). The highest BCUT2D eigenvalue weighted by molar-refractivity contribution is 7.71. The molecular formula is C11H9FN6S. The summed E-state index contributed by atoms with van der Waals surface area (Å²) in [5, 5.41) is 14.6. The van der Waals surface area contributed by atoms with E-state index in [0.29, 0.717) is 21.7 Å². The largest absolute Gasteiger partial charge is 0.299 e. The Morgan fingerprint density at radius 3 is 2.79 bits per heavy atom. The minimum atomic E-state index is -0.362. The predicted molar refractivity (Wildman–Crippen MR) is 68.7 cm³/mol. The van der Waals surface area contributed by atoms with E-state index in [2.05, 4.69) is 20.5 Å². The minimum Gasteiger partial charge on any atom is -0.299 e. The summed E-state index contributed by atoms with van der Waals surface area (Å²) in [7, 11) is 1.66. The van der Waals surface area contributed by atoms with Gasteiger partial charge in [0.2, 0.25) is 5.82 Å². The molecule has 6 nitrogen and oxygen atoms in total. The van der Waals surface area contributed by atoms with E-state index in [1.54, 1.807) is 31.4 Å². The van der Waals surface area contributed by atoms with Gasteiger partial charge in [-0.2, -0.15) is 4.80 Å². The highest BCUT2D eigenvalue weighted by Crippen LogP contribution is 2.19. The molecule has 0 aliphatic carbocycles. The van der Waals surface area contributed by atoms with Crippen LogP contribution in [0.1, 0.15) is 0 Å². The topological polar surface area (TPSA) is 64.3 Å². The summed E-state index contributed by atoms with van der Waals surface area (Å²) in [6.07, 6.45) is 1.63. The number of para-hydroxylation sites is 1. The van der Waals surface area contributed by atoms with Crippen molar-refractivity contribution in [3.63, 3.8) is 0 Å². The van der Waals surface area contributed by atoms with Crippen LogP contribution in [0.25, 0.3) is 17.1 Å². The van der Waals surface area contributed by atoms with E-state index in [0.717, 1.165) is 0 Å². The zero-order valence-electron chi connectivity index (χ0n) is 9.91. The predicted octanol–water partition coefficient (Wildman–Crippen LogP) is 1.86. The molecule has 2 aromatic heterocycles. The van der Waals surface area contributed by atoms with Crippen molar-refractivity contribution < 1.29 is 4.39 Å². The SMILES string of the molecule is Cn1nnc(-c2c[nH]n(-c3ccccc3F)c2=S)n1. The van der Waals surface area contributed by atoms with Crippen LogP contribution in [0, 0.1) is 10.5 Å². The molecule has 0 amide bonds. The Morgan fingerprint density at radius 2 is 2.11 bits per heavy atom. The fraction of sp³-hybridized carbons (Fsp3) is 0.0909. The van der Waals surface area contributed by atoms with E-state index < -0.39 is 0 Å². The van der Waals surface area contributed by atoms with Crippen LogP contribution in [0.2, 0.25) is 0 Å². The Hall–Kier alpha value is -2.35. The van der Waals surface area contributed by atoms with E-state index >= 15 is 0 Å². The highest BCUT2D eigenvalue weighted by Gasteiger charge is 2.13. The molecule has 0 spiro atoms. The molecule has 3 aromatic rings. The number of nitrogens with one attached hydrogen (secondary N) is 1. The lowest BCUT2D eigenvalue weighted by Gasteiger charge is -2.03. The molecule has 1 aromatic carbocycles. The lowest BCUT2D eigenvalue weighted by molar-refractivity contribution is 0.610. The number of aryl methyl sites for hydroxylation is 1. The summed E-state index contributed by atoms with van der Waals surface area (Å²) in [6, 6.07) is 6.37. The number of halogens is 1. The lowest BCUT2D eigenvalue weighted by atomic mass is 10.3. The van der Waals surface area contributed by atoms with Crippen molar-refractivity contribution in [1.29, 1.82) is 0 Å². The Balaban J connectivity index is 2.15. The summed E-state index contributed by atoms with van der Waals surface area (Å²) >= 11 is 5.31. The maximum Gasteiger partial charge on any atom is 0.209 e. The third-order valence-electron chi connectivity index (χ3n) is 2.61. The fourth-order valence-corrected chi connectivity index (χ4v) is 2.04. The van der Waals surface area contributed by atoms with Gasteiger partial charge in [-0.3, -0.25) is 5.10 Å². The number of nitrogens with zero attached hydrogens (tertiary/aromatic N) is 5. The third kappa shape index (κ3) is 1.95. The minimum absolute atomic E-state index is 0.350. The van der Waals surface area contributed by atoms with E-state index in [1.807, 2.05) is 0 Å². The van der Waals surface area contributed by atoms with Gasteiger partial charge in [0.15, 0.2) is 0 Å². The molecule has 96 valence electrons. The van der Waals surface area contributed by atoms with Gasteiger partial charge in [-0.05, 0) is 17.3 Å². The van der Waals surface area contributed by atoms with E-state index in [-0.39, 0.29) is 5.82 Å². The molecule has 2 heterocycles. The second kappa shape index (κ2) is 4.39. The van der Waals surface area contributed by atoms with Crippen LogP contribution in [0.15, 0.2) is 30.5 Å². The van der Waals surface area contributed by atoms with Gasteiger partial charge >= 0.3 is 0 Å². The van der Waals surface area contributed by atoms with Crippen molar-refractivity contribution >= 4 is 12.2 Å². The summed E-state index contributed by atoms with van der Waals surface area (Å²) in [4.78, 5) is 1.34. The van der Waals surface area contributed by atoms with E-state index in [1.165, 1.54) is 15.5 Å². The third-order valence-corrected chi connectivity index (χ3v) is 3.02. The summed E-state index contributed by atoms with van der Waals surface area (Å²) in [5.41, 5.74) is 0.953. The first-order chi connectivity index (χ1) is 9.16. The number of hydrogen-bond donors (Lipinski definition) is 1. The monoisotopic (exact) mass is 276 g/mol.